The molecule has 2 unspecified atom stereocenters. The highest BCUT2D eigenvalue weighted by molar-refractivity contribution is 7.99. The van der Waals surface area contributed by atoms with Crippen LogP contribution in [0.2, 0.25) is 5.02 Å². The molecule has 2 aliphatic heterocycles. The monoisotopic (exact) mass is 397 g/mol. The molecule has 0 spiro atoms. The molecule has 3 rings (SSSR count). The van der Waals surface area contributed by atoms with E-state index in [0.717, 1.165) is 11.5 Å². The van der Waals surface area contributed by atoms with Crippen LogP contribution in [0.3, 0.4) is 0 Å². The summed E-state index contributed by atoms with van der Waals surface area (Å²) in [7, 11) is 0. The molecule has 0 aliphatic carbocycles. The van der Waals surface area contributed by atoms with Crippen molar-refractivity contribution in [1.82, 2.24) is 4.90 Å². The molecule has 2 heterocycles. The first kappa shape index (κ1) is 19.4. The number of rotatable bonds is 2. The summed E-state index contributed by atoms with van der Waals surface area (Å²) < 4.78 is 11.3. The van der Waals surface area contributed by atoms with Crippen LogP contribution in [0.1, 0.15) is 31.1 Å². The Morgan fingerprint density at radius 2 is 1.69 bits per heavy atom. The third kappa shape index (κ3) is 4.65. The average Bonchev–Trinajstić information content (AvgIpc) is 2.53. The largest absolute Gasteiger partial charge is 0.458 e. The Kier molecular flexibility index (Phi) is 5.72. The smallest absolute Gasteiger partial charge is 0.410 e. The van der Waals surface area contributed by atoms with Crippen LogP contribution in [0.15, 0.2) is 24.3 Å². The fourth-order valence-electron chi connectivity index (χ4n) is 3.34. The molecule has 5 nitrogen and oxygen atoms in total. The zero-order valence-electron chi connectivity index (χ0n) is 15.2. The van der Waals surface area contributed by atoms with E-state index in [1.807, 2.05) is 32.5 Å². The number of amides is 1. The van der Waals surface area contributed by atoms with Gasteiger partial charge in [0, 0.05) is 41.5 Å². The normalized spacial score (nSPS) is 25.5. The summed E-state index contributed by atoms with van der Waals surface area (Å²) in [6.07, 6.45) is -0.458. The van der Waals surface area contributed by atoms with E-state index in [9.17, 15) is 9.59 Å². The standard InChI is InChI=1S/C19H24ClNO4S/c1-19(2,3)25-18(23)21-8-13-10-26-11-14(9-21)16(13)24-17(22)12-4-6-15(20)7-5-12/h4-7,13-14,16H,8-11H2,1-3H3. The van der Waals surface area contributed by atoms with Crippen LogP contribution >= 0.6 is 23.4 Å². The van der Waals surface area contributed by atoms with Gasteiger partial charge in [-0.1, -0.05) is 11.6 Å². The SMILES string of the molecule is CC(C)(C)OC(=O)N1CC2CSCC(C1)C2OC(=O)c1ccc(Cl)cc1. The van der Waals surface area contributed by atoms with E-state index in [-0.39, 0.29) is 30.0 Å². The molecule has 1 amide bonds. The van der Waals surface area contributed by atoms with Gasteiger partial charge >= 0.3 is 12.1 Å². The maximum absolute atomic E-state index is 12.5. The first-order valence-corrected chi connectivity index (χ1v) is 10.3. The van der Waals surface area contributed by atoms with Gasteiger partial charge in [0.15, 0.2) is 0 Å². The van der Waals surface area contributed by atoms with Crippen molar-refractivity contribution in [3.8, 4) is 0 Å². The number of benzene rings is 1. The second-order valence-corrected chi connectivity index (χ2v) is 9.33. The molecule has 1 aromatic carbocycles. The minimum atomic E-state index is -0.515. The summed E-state index contributed by atoms with van der Waals surface area (Å²) in [5.41, 5.74) is -0.0199. The van der Waals surface area contributed by atoms with Crippen molar-refractivity contribution in [1.29, 1.82) is 0 Å². The number of fused-ring (bicyclic) bond motifs is 2. The quantitative estimate of drug-likeness (QED) is 0.703. The van der Waals surface area contributed by atoms with Gasteiger partial charge in [0.2, 0.25) is 0 Å². The second kappa shape index (κ2) is 7.69. The zero-order valence-corrected chi connectivity index (χ0v) is 16.8. The summed E-state index contributed by atoms with van der Waals surface area (Å²) in [5, 5.41) is 0.584. The molecule has 2 fully saturated rings. The number of ether oxygens (including phenoxy) is 2. The fraction of sp³-hybridized carbons (Fsp3) is 0.579. The van der Waals surface area contributed by atoms with Crippen molar-refractivity contribution in [2.75, 3.05) is 24.6 Å². The number of thioether (sulfide) groups is 1. The Hall–Kier alpha value is -1.40. The van der Waals surface area contributed by atoms with E-state index in [1.165, 1.54) is 0 Å². The predicted molar refractivity (Wildman–Crippen MR) is 103 cm³/mol. The number of carbonyl (C=O) groups excluding carboxylic acids is 2. The molecule has 26 heavy (non-hydrogen) atoms. The van der Waals surface area contributed by atoms with Crippen LogP contribution in [0, 0.1) is 11.8 Å². The molecule has 0 N–H and O–H groups in total. The van der Waals surface area contributed by atoms with Crippen LogP contribution in [-0.4, -0.2) is 53.3 Å². The molecule has 2 saturated heterocycles. The van der Waals surface area contributed by atoms with Gasteiger partial charge in [-0.2, -0.15) is 11.8 Å². The van der Waals surface area contributed by atoms with Crippen LogP contribution in [-0.2, 0) is 9.47 Å². The highest BCUT2D eigenvalue weighted by atomic mass is 35.5. The van der Waals surface area contributed by atoms with E-state index in [2.05, 4.69) is 0 Å². The van der Waals surface area contributed by atoms with E-state index in [0.29, 0.717) is 23.7 Å². The van der Waals surface area contributed by atoms with Crippen molar-refractivity contribution < 1.29 is 19.1 Å². The van der Waals surface area contributed by atoms with Gasteiger partial charge in [-0.05, 0) is 45.0 Å². The van der Waals surface area contributed by atoms with Gasteiger partial charge in [0.1, 0.15) is 11.7 Å². The van der Waals surface area contributed by atoms with Crippen molar-refractivity contribution in [2.24, 2.45) is 11.8 Å². The van der Waals surface area contributed by atoms with Gasteiger partial charge in [-0.25, -0.2) is 9.59 Å². The third-order valence-corrected chi connectivity index (χ3v) is 6.06. The number of halogens is 1. The molecule has 2 aliphatic rings. The van der Waals surface area contributed by atoms with E-state index in [1.54, 1.807) is 29.2 Å². The summed E-state index contributed by atoms with van der Waals surface area (Å²) in [6.45, 7) is 6.70. The molecular weight excluding hydrogens is 374 g/mol. The van der Waals surface area contributed by atoms with Crippen LogP contribution in [0.5, 0.6) is 0 Å². The molecule has 2 bridgehead atoms. The number of carbonyl (C=O) groups is 2. The van der Waals surface area contributed by atoms with Gasteiger partial charge < -0.3 is 14.4 Å². The first-order valence-electron chi connectivity index (χ1n) is 8.75. The lowest BCUT2D eigenvalue weighted by molar-refractivity contribution is -0.0440. The summed E-state index contributed by atoms with van der Waals surface area (Å²) in [5.74, 6) is 1.65. The van der Waals surface area contributed by atoms with Crippen LogP contribution < -0.4 is 0 Å². The summed E-state index contributed by atoms with van der Waals surface area (Å²) in [6, 6.07) is 6.70. The van der Waals surface area contributed by atoms with Crippen molar-refractivity contribution in [3.05, 3.63) is 34.9 Å². The van der Waals surface area contributed by atoms with Gasteiger partial charge in [0.25, 0.3) is 0 Å². The van der Waals surface area contributed by atoms with E-state index >= 15 is 0 Å². The van der Waals surface area contributed by atoms with Gasteiger partial charge in [-0.3, -0.25) is 0 Å². The Morgan fingerprint density at radius 3 is 2.23 bits per heavy atom. The number of piperidine rings is 1. The predicted octanol–water partition coefficient (Wildman–Crippen LogP) is 4.10. The van der Waals surface area contributed by atoms with Crippen molar-refractivity contribution in [3.63, 3.8) is 0 Å². The molecule has 2 atom stereocenters. The zero-order chi connectivity index (χ0) is 18.9. The fourth-order valence-corrected chi connectivity index (χ4v) is 4.80. The Balaban J connectivity index is 1.66. The maximum Gasteiger partial charge on any atom is 0.410 e. The van der Waals surface area contributed by atoms with Crippen LogP contribution in [0.4, 0.5) is 4.79 Å². The lowest BCUT2D eigenvalue weighted by Crippen LogP contribution is -2.57. The molecule has 7 heteroatoms. The molecule has 0 saturated carbocycles. The Labute approximate surface area is 163 Å². The lowest BCUT2D eigenvalue weighted by Gasteiger charge is -2.46. The minimum absolute atomic E-state index is 0.122. The number of hydrogen-bond acceptors (Lipinski definition) is 5. The lowest BCUT2D eigenvalue weighted by atomic mass is 9.87. The summed E-state index contributed by atoms with van der Waals surface area (Å²) >= 11 is 7.73. The summed E-state index contributed by atoms with van der Waals surface area (Å²) in [4.78, 5) is 26.6. The van der Waals surface area contributed by atoms with E-state index in [4.69, 9.17) is 21.1 Å². The van der Waals surface area contributed by atoms with Crippen molar-refractivity contribution in [2.45, 2.75) is 32.5 Å². The van der Waals surface area contributed by atoms with Crippen molar-refractivity contribution >= 4 is 35.4 Å². The average molecular weight is 398 g/mol. The first-order chi connectivity index (χ1) is 12.2. The highest BCUT2D eigenvalue weighted by Gasteiger charge is 2.44. The molecule has 142 valence electrons. The number of likely N-dealkylation sites (tertiary alicyclic amines) is 1. The van der Waals surface area contributed by atoms with Crippen LogP contribution in [0.25, 0.3) is 0 Å². The Bertz CT molecular complexity index is 659. The Morgan fingerprint density at radius 1 is 1.12 bits per heavy atom. The topological polar surface area (TPSA) is 55.8 Å². The molecule has 0 radical (unpaired) electrons. The highest BCUT2D eigenvalue weighted by Crippen LogP contribution is 2.36. The molecular formula is C19H24ClNO4S. The van der Waals surface area contributed by atoms with Gasteiger partial charge in [0.05, 0.1) is 5.56 Å². The van der Waals surface area contributed by atoms with Gasteiger partial charge in [-0.15, -0.1) is 0 Å². The maximum atomic E-state index is 12.5. The molecule has 1 aromatic rings. The number of hydrogen-bond donors (Lipinski definition) is 0. The molecule has 0 aromatic heterocycles. The second-order valence-electron chi connectivity index (χ2n) is 7.82. The number of esters is 1. The van der Waals surface area contributed by atoms with E-state index < -0.39 is 5.60 Å². The number of nitrogens with zero attached hydrogens (tertiary/aromatic N) is 1. The third-order valence-electron chi connectivity index (χ3n) is 4.48. The minimum Gasteiger partial charge on any atom is -0.458 e.